The lowest BCUT2D eigenvalue weighted by atomic mass is 10.2. The highest BCUT2D eigenvalue weighted by molar-refractivity contribution is 5.85. The average molecular weight is 407 g/mol. The molecule has 0 saturated heterocycles. The van der Waals surface area contributed by atoms with E-state index in [1.165, 1.54) is 0 Å². The number of hydrogen-bond donors (Lipinski definition) is 1. The van der Waals surface area contributed by atoms with Gasteiger partial charge < -0.3 is 23.9 Å². The number of para-hydroxylation sites is 3. The number of aliphatic hydroxyl groups excluding tert-OH is 1. The normalized spacial score (nSPS) is 11.9. The number of aliphatic hydroxyl groups is 1. The van der Waals surface area contributed by atoms with E-state index in [1.807, 2.05) is 30.3 Å². The van der Waals surface area contributed by atoms with E-state index >= 15 is 0 Å². The second kappa shape index (κ2) is 9.66. The van der Waals surface area contributed by atoms with E-state index in [-0.39, 0.29) is 24.9 Å². The quantitative estimate of drug-likeness (QED) is 0.611. The molecule has 0 fully saturated rings. The second-order valence-corrected chi connectivity index (χ2v) is 6.68. The topological polar surface area (TPSA) is 65.7 Å². The van der Waals surface area contributed by atoms with Gasteiger partial charge in [0, 0.05) is 5.92 Å². The van der Waals surface area contributed by atoms with Crippen LogP contribution < -0.4 is 14.2 Å². The Labute approximate surface area is 171 Å². The lowest BCUT2D eigenvalue weighted by Gasteiger charge is -2.19. The minimum absolute atomic E-state index is 0. The Morgan fingerprint density at radius 2 is 1.64 bits per heavy atom. The molecule has 0 aliphatic carbocycles. The van der Waals surface area contributed by atoms with Crippen LogP contribution in [-0.2, 0) is 6.54 Å². The Kier molecular flexibility index (Phi) is 7.54. The van der Waals surface area contributed by atoms with Crippen molar-refractivity contribution in [3.8, 4) is 17.2 Å². The van der Waals surface area contributed by atoms with E-state index in [4.69, 9.17) is 19.2 Å². The first-order valence-corrected chi connectivity index (χ1v) is 9.02. The zero-order valence-corrected chi connectivity index (χ0v) is 17.4. The molecule has 0 aliphatic heterocycles. The van der Waals surface area contributed by atoms with E-state index in [1.54, 1.807) is 26.4 Å². The van der Waals surface area contributed by atoms with Gasteiger partial charge in [0.2, 0.25) is 5.75 Å². The molecular weight excluding hydrogens is 380 g/mol. The van der Waals surface area contributed by atoms with Crippen LogP contribution >= 0.6 is 12.4 Å². The Balaban J connectivity index is 0.00000280. The highest BCUT2D eigenvalue weighted by Gasteiger charge is 2.18. The van der Waals surface area contributed by atoms with Crippen LogP contribution in [0.4, 0.5) is 0 Å². The van der Waals surface area contributed by atoms with Crippen molar-refractivity contribution in [2.75, 3.05) is 20.8 Å². The van der Waals surface area contributed by atoms with Crippen LogP contribution in [-0.4, -0.2) is 41.6 Å². The van der Waals surface area contributed by atoms with E-state index < -0.39 is 6.10 Å². The molecular formula is C21H27ClN2O4. The number of methoxy groups -OCH3 is 2. The molecule has 1 N–H and O–H groups in total. The third kappa shape index (κ3) is 4.51. The summed E-state index contributed by atoms with van der Waals surface area (Å²) in [6.45, 7) is 4.70. The number of hydrogen-bond acceptors (Lipinski definition) is 5. The zero-order valence-electron chi connectivity index (χ0n) is 16.6. The summed E-state index contributed by atoms with van der Waals surface area (Å²) in [5.74, 6) is 2.82. The number of benzene rings is 2. The predicted molar refractivity (Wildman–Crippen MR) is 112 cm³/mol. The van der Waals surface area contributed by atoms with E-state index in [0.29, 0.717) is 23.8 Å². The fraction of sp³-hybridized carbons (Fsp3) is 0.381. The van der Waals surface area contributed by atoms with E-state index in [2.05, 4.69) is 18.4 Å². The largest absolute Gasteiger partial charge is 0.493 e. The molecule has 1 heterocycles. The minimum atomic E-state index is -0.713. The van der Waals surface area contributed by atoms with Gasteiger partial charge in [-0.25, -0.2) is 4.98 Å². The first-order valence-electron chi connectivity index (χ1n) is 9.02. The fourth-order valence-corrected chi connectivity index (χ4v) is 3.13. The number of ether oxygens (including phenoxy) is 3. The van der Waals surface area contributed by atoms with Crippen LogP contribution in [0.25, 0.3) is 11.0 Å². The van der Waals surface area contributed by atoms with Gasteiger partial charge in [-0.3, -0.25) is 0 Å². The molecule has 0 aliphatic rings. The summed E-state index contributed by atoms with van der Waals surface area (Å²) in [6.07, 6.45) is -0.713. The molecule has 3 rings (SSSR count). The molecule has 2 aromatic carbocycles. The number of halogens is 1. The van der Waals surface area contributed by atoms with Crippen molar-refractivity contribution in [3.63, 3.8) is 0 Å². The molecule has 1 unspecified atom stereocenters. The maximum atomic E-state index is 10.6. The Hall–Kier alpha value is -2.44. The summed E-state index contributed by atoms with van der Waals surface area (Å²) >= 11 is 0. The number of rotatable bonds is 8. The molecule has 28 heavy (non-hydrogen) atoms. The number of fused-ring (bicyclic) bond motifs is 1. The molecule has 6 nitrogen and oxygen atoms in total. The molecule has 0 amide bonds. The van der Waals surface area contributed by atoms with Gasteiger partial charge in [0.1, 0.15) is 18.5 Å². The summed E-state index contributed by atoms with van der Waals surface area (Å²) in [6, 6.07) is 13.4. The van der Waals surface area contributed by atoms with Gasteiger partial charge >= 0.3 is 0 Å². The van der Waals surface area contributed by atoms with Crippen LogP contribution in [0.1, 0.15) is 25.6 Å². The smallest absolute Gasteiger partial charge is 0.203 e. The van der Waals surface area contributed by atoms with Gasteiger partial charge in [-0.1, -0.05) is 32.0 Å². The molecule has 152 valence electrons. The Morgan fingerprint density at radius 3 is 2.25 bits per heavy atom. The van der Waals surface area contributed by atoms with Gasteiger partial charge in [-0.15, -0.1) is 12.4 Å². The summed E-state index contributed by atoms with van der Waals surface area (Å²) in [5.41, 5.74) is 1.94. The van der Waals surface area contributed by atoms with Gasteiger partial charge in [-0.2, -0.15) is 0 Å². The standard InChI is InChI=1S/C21H26N2O4.ClH/c1-14(2)21-22-16-8-5-6-9-17(16)23(21)12-15(24)13-27-20-18(25-3)10-7-11-19(20)26-4;/h5-11,14-15,24H,12-13H2,1-4H3;1H. The summed E-state index contributed by atoms with van der Waals surface area (Å²) in [7, 11) is 3.15. The molecule has 1 aromatic heterocycles. The fourth-order valence-electron chi connectivity index (χ4n) is 3.13. The van der Waals surface area contributed by atoms with E-state index in [0.717, 1.165) is 16.9 Å². The zero-order chi connectivity index (χ0) is 19.4. The van der Waals surface area contributed by atoms with Crippen molar-refractivity contribution in [1.29, 1.82) is 0 Å². The van der Waals surface area contributed by atoms with Crippen molar-refractivity contribution in [2.24, 2.45) is 0 Å². The first-order chi connectivity index (χ1) is 13.0. The third-order valence-corrected chi connectivity index (χ3v) is 4.40. The van der Waals surface area contributed by atoms with Crippen LogP contribution in [0.2, 0.25) is 0 Å². The summed E-state index contributed by atoms with van der Waals surface area (Å²) < 4.78 is 18.6. The van der Waals surface area contributed by atoms with Gasteiger partial charge in [0.05, 0.1) is 31.8 Å². The maximum Gasteiger partial charge on any atom is 0.203 e. The van der Waals surface area contributed by atoms with Crippen LogP contribution in [0.15, 0.2) is 42.5 Å². The molecule has 0 bridgehead atoms. The van der Waals surface area contributed by atoms with Gasteiger partial charge in [-0.05, 0) is 24.3 Å². The minimum Gasteiger partial charge on any atom is -0.493 e. The Morgan fingerprint density at radius 1 is 1.00 bits per heavy atom. The predicted octanol–water partition coefficient (Wildman–Crippen LogP) is 4.04. The second-order valence-electron chi connectivity index (χ2n) is 6.68. The summed E-state index contributed by atoms with van der Waals surface area (Å²) in [4.78, 5) is 4.71. The number of aromatic nitrogens is 2. The monoisotopic (exact) mass is 406 g/mol. The van der Waals surface area contributed by atoms with Crippen molar-refractivity contribution < 1.29 is 19.3 Å². The molecule has 0 spiro atoms. The first kappa shape index (κ1) is 21.9. The number of imidazole rings is 1. The lowest BCUT2D eigenvalue weighted by molar-refractivity contribution is 0.0894. The third-order valence-electron chi connectivity index (χ3n) is 4.40. The highest BCUT2D eigenvalue weighted by atomic mass is 35.5. The van der Waals surface area contributed by atoms with E-state index in [9.17, 15) is 5.11 Å². The molecule has 3 aromatic rings. The maximum absolute atomic E-state index is 10.6. The van der Waals surface area contributed by atoms with Crippen molar-refractivity contribution >= 4 is 23.4 Å². The van der Waals surface area contributed by atoms with Crippen LogP contribution in [0, 0.1) is 0 Å². The highest BCUT2D eigenvalue weighted by Crippen LogP contribution is 2.36. The van der Waals surface area contributed by atoms with Crippen LogP contribution in [0.5, 0.6) is 17.2 Å². The van der Waals surface area contributed by atoms with Gasteiger partial charge in [0.15, 0.2) is 11.5 Å². The Bertz CT molecular complexity index is 888. The van der Waals surface area contributed by atoms with Crippen molar-refractivity contribution in [1.82, 2.24) is 9.55 Å². The molecule has 0 saturated carbocycles. The van der Waals surface area contributed by atoms with Crippen molar-refractivity contribution in [2.45, 2.75) is 32.4 Å². The van der Waals surface area contributed by atoms with Crippen molar-refractivity contribution in [3.05, 3.63) is 48.3 Å². The molecule has 0 radical (unpaired) electrons. The SMILES string of the molecule is COc1cccc(OC)c1OCC(O)Cn1c(C(C)C)nc2ccccc21.Cl. The summed E-state index contributed by atoms with van der Waals surface area (Å²) in [5, 5.41) is 10.6. The van der Waals surface area contributed by atoms with Gasteiger partial charge in [0.25, 0.3) is 0 Å². The molecule has 1 atom stereocenters. The lowest BCUT2D eigenvalue weighted by Crippen LogP contribution is -2.25. The molecule has 7 heteroatoms. The number of nitrogens with zero attached hydrogens (tertiary/aromatic N) is 2. The average Bonchev–Trinajstić information content (AvgIpc) is 3.04. The van der Waals surface area contributed by atoms with Crippen LogP contribution in [0.3, 0.4) is 0 Å².